The third kappa shape index (κ3) is 7.00. The van der Waals surface area contributed by atoms with E-state index >= 15 is 0 Å². The molecule has 1 aromatic carbocycles. The van der Waals surface area contributed by atoms with Gasteiger partial charge in [-0.15, -0.1) is 24.0 Å². The number of likely N-dealkylation sites (tertiary alicyclic amines) is 1. The Morgan fingerprint density at radius 2 is 1.93 bits per heavy atom. The van der Waals surface area contributed by atoms with Crippen LogP contribution < -0.4 is 5.32 Å². The summed E-state index contributed by atoms with van der Waals surface area (Å²) in [4.78, 5) is 23.8. The lowest BCUT2D eigenvalue weighted by Crippen LogP contribution is -2.54. The van der Waals surface area contributed by atoms with E-state index < -0.39 is 0 Å². The Morgan fingerprint density at radius 1 is 1.21 bits per heavy atom. The number of amides is 1. The quantitative estimate of drug-likeness (QED) is 0.359. The minimum absolute atomic E-state index is 0. The highest BCUT2D eigenvalue weighted by atomic mass is 127. The van der Waals surface area contributed by atoms with Crippen molar-refractivity contribution in [1.29, 1.82) is 0 Å². The highest BCUT2D eigenvalue weighted by Crippen LogP contribution is 2.15. The van der Waals surface area contributed by atoms with Crippen LogP contribution in [-0.4, -0.2) is 86.0 Å². The Hall–Kier alpha value is -1.06. The zero-order valence-corrected chi connectivity index (χ0v) is 20.5. The van der Waals surface area contributed by atoms with E-state index in [0.29, 0.717) is 17.4 Å². The van der Waals surface area contributed by atoms with Crippen molar-refractivity contribution in [2.45, 2.75) is 19.8 Å². The molecule has 0 aromatic heterocycles. The number of benzene rings is 1. The maximum atomic E-state index is 12.6. The predicted octanol–water partition coefficient (Wildman–Crippen LogP) is 2.56. The molecule has 0 saturated carbocycles. The van der Waals surface area contributed by atoms with E-state index in [1.54, 1.807) is 0 Å². The molecule has 2 saturated heterocycles. The molecule has 0 spiro atoms. The number of halogens is 2. The van der Waals surface area contributed by atoms with Gasteiger partial charge in [-0.2, -0.15) is 0 Å². The van der Waals surface area contributed by atoms with Crippen LogP contribution in [0.2, 0.25) is 5.02 Å². The van der Waals surface area contributed by atoms with Gasteiger partial charge in [0.15, 0.2) is 5.96 Å². The van der Waals surface area contributed by atoms with Crippen LogP contribution in [0.3, 0.4) is 0 Å². The van der Waals surface area contributed by atoms with Crippen molar-refractivity contribution in [3.8, 4) is 0 Å². The van der Waals surface area contributed by atoms with E-state index in [9.17, 15) is 4.79 Å². The average Bonchev–Trinajstić information content (AvgIpc) is 3.17. The molecule has 0 radical (unpaired) electrons. The molecule has 0 aliphatic carbocycles. The first-order chi connectivity index (χ1) is 13.6. The summed E-state index contributed by atoms with van der Waals surface area (Å²) in [7, 11) is 1.84. The van der Waals surface area contributed by atoms with E-state index in [1.165, 1.54) is 19.5 Å². The predicted molar refractivity (Wildman–Crippen MR) is 130 cm³/mol. The van der Waals surface area contributed by atoms with Crippen LogP contribution in [0, 0.1) is 5.92 Å². The molecule has 3 rings (SSSR count). The topological polar surface area (TPSA) is 51.2 Å². The van der Waals surface area contributed by atoms with Gasteiger partial charge < -0.3 is 20.0 Å². The lowest BCUT2D eigenvalue weighted by atomic mass is 10.1. The first-order valence-corrected chi connectivity index (χ1v) is 10.7. The SMILES string of the molecule is CCN1CCC(CNC(=NC)N2CCN(C(=O)Cc3cccc(Cl)c3)CC2)C1.I. The fraction of sp³-hybridized carbons (Fsp3) is 0.619. The van der Waals surface area contributed by atoms with Gasteiger partial charge in [0.1, 0.15) is 0 Å². The van der Waals surface area contributed by atoms with Crippen molar-refractivity contribution in [1.82, 2.24) is 20.0 Å². The minimum atomic E-state index is 0. The van der Waals surface area contributed by atoms with Crippen LogP contribution in [0.25, 0.3) is 0 Å². The van der Waals surface area contributed by atoms with Crippen molar-refractivity contribution in [2.75, 3.05) is 59.4 Å². The van der Waals surface area contributed by atoms with Gasteiger partial charge in [-0.3, -0.25) is 9.79 Å². The molecule has 1 unspecified atom stereocenters. The summed E-state index contributed by atoms with van der Waals surface area (Å²) in [6, 6.07) is 7.54. The molecule has 2 fully saturated rings. The largest absolute Gasteiger partial charge is 0.356 e. The summed E-state index contributed by atoms with van der Waals surface area (Å²) in [5, 5.41) is 4.22. The molecule has 1 atom stereocenters. The van der Waals surface area contributed by atoms with Crippen molar-refractivity contribution in [2.24, 2.45) is 10.9 Å². The first-order valence-electron chi connectivity index (χ1n) is 10.3. The van der Waals surface area contributed by atoms with Crippen LogP contribution in [-0.2, 0) is 11.2 Å². The summed E-state index contributed by atoms with van der Waals surface area (Å²) in [5.74, 6) is 1.81. The van der Waals surface area contributed by atoms with Gasteiger partial charge in [0.2, 0.25) is 5.91 Å². The highest BCUT2D eigenvalue weighted by molar-refractivity contribution is 14.0. The summed E-state index contributed by atoms with van der Waals surface area (Å²) >= 11 is 6.02. The van der Waals surface area contributed by atoms with E-state index in [4.69, 9.17) is 11.6 Å². The fourth-order valence-corrected chi connectivity index (χ4v) is 4.25. The molecule has 2 heterocycles. The molecule has 2 aliphatic rings. The number of carbonyl (C=O) groups excluding carboxylic acids is 1. The number of hydrogen-bond acceptors (Lipinski definition) is 3. The second-order valence-corrected chi connectivity index (χ2v) is 8.09. The van der Waals surface area contributed by atoms with Crippen molar-refractivity contribution in [3.05, 3.63) is 34.9 Å². The minimum Gasteiger partial charge on any atom is -0.356 e. The van der Waals surface area contributed by atoms with E-state index in [2.05, 4.69) is 27.0 Å². The number of piperazine rings is 1. The number of nitrogens with zero attached hydrogens (tertiary/aromatic N) is 4. The molecule has 8 heteroatoms. The molecular formula is C21H33ClIN5O. The van der Waals surface area contributed by atoms with Gasteiger partial charge in [0.05, 0.1) is 6.42 Å². The van der Waals surface area contributed by atoms with Crippen LogP contribution in [0.4, 0.5) is 0 Å². The average molecular weight is 534 g/mol. The zero-order chi connectivity index (χ0) is 19.9. The van der Waals surface area contributed by atoms with Crippen LogP contribution in [0.5, 0.6) is 0 Å². The molecular weight excluding hydrogens is 501 g/mol. The highest BCUT2D eigenvalue weighted by Gasteiger charge is 2.25. The third-order valence-electron chi connectivity index (χ3n) is 5.75. The van der Waals surface area contributed by atoms with Gasteiger partial charge in [-0.25, -0.2) is 0 Å². The second-order valence-electron chi connectivity index (χ2n) is 7.65. The lowest BCUT2D eigenvalue weighted by Gasteiger charge is -2.36. The molecule has 0 bridgehead atoms. The van der Waals surface area contributed by atoms with Gasteiger partial charge in [-0.1, -0.05) is 30.7 Å². The number of nitrogens with one attached hydrogen (secondary N) is 1. The lowest BCUT2D eigenvalue weighted by molar-refractivity contribution is -0.131. The van der Waals surface area contributed by atoms with Crippen molar-refractivity contribution >= 4 is 47.4 Å². The van der Waals surface area contributed by atoms with Crippen LogP contribution in [0.15, 0.2) is 29.3 Å². The summed E-state index contributed by atoms with van der Waals surface area (Å²) < 4.78 is 0. The molecule has 2 aliphatic heterocycles. The zero-order valence-electron chi connectivity index (χ0n) is 17.4. The monoisotopic (exact) mass is 533 g/mol. The van der Waals surface area contributed by atoms with Gasteiger partial charge >= 0.3 is 0 Å². The summed E-state index contributed by atoms with van der Waals surface area (Å²) in [5.41, 5.74) is 0.968. The Bertz CT molecular complexity index is 693. The van der Waals surface area contributed by atoms with Crippen LogP contribution >= 0.6 is 35.6 Å². The Balaban J connectivity index is 0.00000300. The van der Waals surface area contributed by atoms with E-state index in [0.717, 1.165) is 50.8 Å². The summed E-state index contributed by atoms with van der Waals surface area (Å²) in [6.07, 6.45) is 1.66. The number of hydrogen-bond donors (Lipinski definition) is 1. The maximum Gasteiger partial charge on any atom is 0.227 e. The Labute approximate surface area is 196 Å². The molecule has 1 aromatic rings. The van der Waals surface area contributed by atoms with Gasteiger partial charge in [0.25, 0.3) is 0 Å². The first kappa shape index (κ1) is 24.2. The van der Waals surface area contributed by atoms with Crippen molar-refractivity contribution in [3.63, 3.8) is 0 Å². The van der Waals surface area contributed by atoms with E-state index in [-0.39, 0.29) is 29.9 Å². The number of carbonyl (C=O) groups is 1. The standard InChI is InChI=1S/C21H32ClN5O.HI/c1-3-25-8-7-18(16-25)15-24-21(23-2)27-11-9-26(10-12-27)20(28)14-17-5-4-6-19(22)13-17;/h4-6,13,18H,3,7-12,14-16H2,1-2H3,(H,23,24);1H. The molecule has 162 valence electrons. The van der Waals surface area contributed by atoms with Crippen LogP contribution in [0.1, 0.15) is 18.9 Å². The van der Waals surface area contributed by atoms with E-state index in [1.807, 2.05) is 36.2 Å². The van der Waals surface area contributed by atoms with Gasteiger partial charge in [-0.05, 0) is 43.1 Å². The number of guanidine groups is 1. The Kier molecular flexibility index (Phi) is 9.98. The maximum absolute atomic E-state index is 12.6. The Morgan fingerprint density at radius 3 is 2.55 bits per heavy atom. The normalized spacial score (nSPS) is 20.5. The second kappa shape index (κ2) is 12.0. The molecule has 1 N–H and O–H groups in total. The summed E-state index contributed by atoms with van der Waals surface area (Å²) in [6.45, 7) is 9.79. The molecule has 29 heavy (non-hydrogen) atoms. The smallest absolute Gasteiger partial charge is 0.227 e. The number of aliphatic imine (C=N–C) groups is 1. The molecule has 6 nitrogen and oxygen atoms in total. The third-order valence-corrected chi connectivity index (χ3v) is 5.99. The number of rotatable bonds is 5. The van der Waals surface area contributed by atoms with Crippen molar-refractivity contribution < 1.29 is 4.79 Å². The fourth-order valence-electron chi connectivity index (χ4n) is 4.04. The van der Waals surface area contributed by atoms with Gasteiger partial charge in [0, 0.05) is 51.3 Å². The molecule has 1 amide bonds.